The maximum atomic E-state index is 13.3. The number of likely N-dealkylation sites (N-methyl/N-ethyl adjacent to an activating group) is 1. The molecule has 2 bridgehead atoms. The van der Waals surface area contributed by atoms with Crippen LogP contribution in [0.4, 0.5) is 0 Å². The third kappa shape index (κ3) is 6.18. The molecule has 49 heavy (non-hydrogen) atoms. The Balaban J connectivity index is 1.42. The van der Waals surface area contributed by atoms with Gasteiger partial charge in [-0.3, -0.25) is 19.4 Å². The zero-order valence-electron chi connectivity index (χ0n) is 29.7. The number of carbonyl (C=O) groups excluding carboxylic acids is 2. The maximum absolute atomic E-state index is 13.3. The van der Waals surface area contributed by atoms with Crippen LogP contribution in [0.2, 0.25) is 0 Å². The number of aromatic hydroxyl groups is 1. The van der Waals surface area contributed by atoms with Gasteiger partial charge in [0.15, 0.2) is 23.0 Å². The molecule has 0 aromatic heterocycles. The summed E-state index contributed by atoms with van der Waals surface area (Å²) in [5.74, 6) is 1.55. The van der Waals surface area contributed by atoms with E-state index in [9.17, 15) is 20.0 Å². The summed E-state index contributed by atoms with van der Waals surface area (Å²) in [7, 11) is 3.57. The van der Waals surface area contributed by atoms with Crippen LogP contribution in [0.5, 0.6) is 28.7 Å². The van der Waals surface area contributed by atoms with Crippen molar-refractivity contribution in [3.05, 3.63) is 39.4 Å². The highest BCUT2D eigenvalue weighted by Crippen LogP contribution is 2.58. The number of amides is 1. The molecule has 264 valence electrons. The summed E-state index contributed by atoms with van der Waals surface area (Å²) in [6.07, 6.45) is 9.24. The second kappa shape index (κ2) is 14.5. The van der Waals surface area contributed by atoms with Crippen LogP contribution in [-0.2, 0) is 22.4 Å². The summed E-state index contributed by atoms with van der Waals surface area (Å²) >= 11 is 0. The molecule has 2 unspecified atom stereocenters. The minimum atomic E-state index is -0.543. The summed E-state index contributed by atoms with van der Waals surface area (Å²) in [4.78, 5) is 30.3. The Bertz CT molecular complexity index is 1650. The van der Waals surface area contributed by atoms with E-state index in [1.165, 1.54) is 32.6 Å². The maximum Gasteiger partial charge on any atom is 0.308 e. The van der Waals surface area contributed by atoms with Crippen LogP contribution in [0.15, 0.2) is 6.07 Å². The molecular formula is C38H50N4O7. The van der Waals surface area contributed by atoms with E-state index in [2.05, 4.69) is 34.2 Å². The third-order valence-corrected chi connectivity index (χ3v) is 11.0. The third-order valence-electron chi connectivity index (χ3n) is 11.0. The zero-order chi connectivity index (χ0) is 35.0. The van der Waals surface area contributed by atoms with Crippen molar-refractivity contribution in [2.75, 3.05) is 27.5 Å². The van der Waals surface area contributed by atoms with Gasteiger partial charge in [0.2, 0.25) is 12.7 Å². The fraction of sp³-hybridized carbons (Fsp3) is 0.605. The highest BCUT2D eigenvalue weighted by molar-refractivity contribution is 5.76. The van der Waals surface area contributed by atoms with Crippen LogP contribution in [0, 0.1) is 25.2 Å². The van der Waals surface area contributed by atoms with Gasteiger partial charge >= 0.3 is 5.97 Å². The number of nitriles is 1. The second-order valence-corrected chi connectivity index (χ2v) is 14.0. The fourth-order valence-corrected chi connectivity index (χ4v) is 8.85. The van der Waals surface area contributed by atoms with Crippen LogP contribution in [-0.4, -0.2) is 72.4 Å². The number of hydrogen-bond donors (Lipinski definition) is 2. The summed E-state index contributed by atoms with van der Waals surface area (Å²) < 4.78 is 23.6. The van der Waals surface area contributed by atoms with Gasteiger partial charge in [0.25, 0.3) is 0 Å². The Morgan fingerprint density at radius 2 is 1.76 bits per heavy atom. The van der Waals surface area contributed by atoms with Gasteiger partial charge in [-0.15, -0.1) is 0 Å². The monoisotopic (exact) mass is 674 g/mol. The number of phenolic OH excluding ortho intramolecular Hbond substituents is 1. The van der Waals surface area contributed by atoms with Crippen molar-refractivity contribution in [1.82, 2.24) is 15.1 Å². The van der Waals surface area contributed by atoms with E-state index < -0.39 is 18.1 Å². The van der Waals surface area contributed by atoms with Crippen LogP contribution in [0.25, 0.3) is 0 Å². The van der Waals surface area contributed by atoms with Crippen LogP contribution in [0.3, 0.4) is 0 Å². The molecule has 6 rings (SSSR count). The standard InChI is InChI=1S/C38H50N4O7/c1-7-8-9-10-11-12-13-14-30(44)40-19-29-32-25(36(49-23(4)43)22(3)37-38(32)48-20-47-37)17-27-33-31-24(15-21(2)35(46-6)34(31)45)16-26(41(33)5)28(18-39)42(27)29/h15,26-29,33,45H,7-14,16-17,19-20H2,1-6H3,(H,40,44)/t26-,27?,28-,29-,33?/m0/s1. The van der Waals surface area contributed by atoms with Crippen molar-refractivity contribution in [1.29, 1.82) is 5.26 Å². The summed E-state index contributed by atoms with van der Waals surface area (Å²) in [6, 6.07) is 2.85. The lowest BCUT2D eigenvalue weighted by molar-refractivity contribution is -0.132. The highest BCUT2D eigenvalue weighted by Gasteiger charge is 2.56. The van der Waals surface area contributed by atoms with E-state index in [0.717, 1.165) is 47.1 Å². The van der Waals surface area contributed by atoms with Gasteiger partial charge in [0, 0.05) is 54.2 Å². The summed E-state index contributed by atoms with van der Waals surface area (Å²) in [5.41, 5.74) is 4.84. The minimum Gasteiger partial charge on any atom is -0.504 e. The minimum absolute atomic E-state index is 0.0168. The molecule has 11 heteroatoms. The SMILES string of the molecule is CCCCCCCCCC(=O)NC[C@H]1c2c(c(OC(C)=O)c(C)c3c2OCO3)CC2C3c4c(cc(C)c(OC)c4O)C[C@@H]([C@H](C#N)N21)N3C. The van der Waals surface area contributed by atoms with Gasteiger partial charge in [-0.05, 0) is 51.3 Å². The van der Waals surface area contributed by atoms with E-state index in [1.807, 2.05) is 20.9 Å². The first-order chi connectivity index (χ1) is 23.6. The molecule has 0 radical (unpaired) electrons. The van der Waals surface area contributed by atoms with Crippen molar-refractivity contribution in [2.45, 2.75) is 122 Å². The van der Waals surface area contributed by atoms with Gasteiger partial charge in [-0.1, -0.05) is 51.5 Å². The summed E-state index contributed by atoms with van der Waals surface area (Å²) in [5, 5.41) is 25.8. The molecule has 0 spiro atoms. The quantitative estimate of drug-likeness (QED) is 0.164. The number of phenols is 1. The van der Waals surface area contributed by atoms with E-state index in [-0.39, 0.29) is 43.1 Å². The molecule has 4 heterocycles. The number of piperazine rings is 1. The Hall–Kier alpha value is -4.01. The first-order valence-electron chi connectivity index (χ1n) is 17.8. The van der Waals surface area contributed by atoms with Gasteiger partial charge in [-0.25, -0.2) is 0 Å². The molecule has 4 aliphatic heterocycles. The average Bonchev–Trinajstić information content (AvgIpc) is 3.56. The van der Waals surface area contributed by atoms with E-state index in [4.69, 9.17) is 18.9 Å². The molecule has 2 N–H and O–H groups in total. The predicted molar refractivity (Wildman–Crippen MR) is 183 cm³/mol. The van der Waals surface area contributed by atoms with E-state index in [1.54, 1.807) is 7.11 Å². The number of methoxy groups -OCH3 is 1. The normalized spacial score (nSPS) is 23.6. The molecule has 0 aliphatic carbocycles. The van der Waals surface area contributed by atoms with Gasteiger partial charge < -0.3 is 29.4 Å². The number of rotatable bonds is 12. The molecule has 1 amide bonds. The zero-order valence-corrected chi connectivity index (χ0v) is 29.7. The van der Waals surface area contributed by atoms with Crippen molar-refractivity contribution in [2.24, 2.45) is 0 Å². The molecule has 0 saturated carbocycles. The van der Waals surface area contributed by atoms with E-state index >= 15 is 0 Å². The van der Waals surface area contributed by atoms with Crippen molar-refractivity contribution in [3.8, 4) is 34.8 Å². The Kier molecular flexibility index (Phi) is 10.3. The van der Waals surface area contributed by atoms with Gasteiger partial charge in [0.1, 0.15) is 11.8 Å². The lowest BCUT2D eigenvalue weighted by Gasteiger charge is -2.60. The number of unbranched alkanes of at least 4 members (excludes halogenated alkanes) is 6. The van der Waals surface area contributed by atoms with Crippen molar-refractivity contribution < 1.29 is 33.6 Å². The molecule has 2 aromatic rings. The topological polar surface area (TPSA) is 134 Å². The lowest BCUT2D eigenvalue weighted by atomic mass is 9.71. The number of esters is 1. The summed E-state index contributed by atoms with van der Waals surface area (Å²) in [6.45, 7) is 7.60. The fourth-order valence-electron chi connectivity index (χ4n) is 8.85. The molecule has 1 fully saturated rings. The first-order valence-corrected chi connectivity index (χ1v) is 17.8. The average molecular weight is 675 g/mol. The highest BCUT2D eigenvalue weighted by atomic mass is 16.7. The van der Waals surface area contributed by atoms with Gasteiger partial charge in [0.05, 0.1) is 25.3 Å². The largest absolute Gasteiger partial charge is 0.504 e. The Morgan fingerprint density at radius 3 is 2.45 bits per heavy atom. The van der Waals surface area contributed by atoms with Crippen LogP contribution in [0.1, 0.15) is 111 Å². The first kappa shape index (κ1) is 34.8. The second-order valence-electron chi connectivity index (χ2n) is 14.0. The Labute approximate surface area is 289 Å². The van der Waals surface area contributed by atoms with Crippen molar-refractivity contribution in [3.63, 3.8) is 0 Å². The van der Waals surface area contributed by atoms with Crippen LogP contribution < -0.4 is 24.3 Å². The number of nitrogens with one attached hydrogen (secondary N) is 1. The lowest BCUT2D eigenvalue weighted by Crippen LogP contribution is -2.68. The molecule has 4 aliphatic rings. The molecule has 2 aromatic carbocycles. The number of fused-ring (bicyclic) bond motifs is 9. The Morgan fingerprint density at radius 1 is 1.04 bits per heavy atom. The predicted octanol–water partition coefficient (Wildman–Crippen LogP) is 5.70. The smallest absolute Gasteiger partial charge is 0.308 e. The number of aryl methyl sites for hydroxylation is 1. The van der Waals surface area contributed by atoms with E-state index in [0.29, 0.717) is 47.8 Å². The van der Waals surface area contributed by atoms with Crippen molar-refractivity contribution >= 4 is 11.9 Å². The number of nitrogens with zero attached hydrogens (tertiary/aromatic N) is 3. The van der Waals surface area contributed by atoms with Gasteiger partial charge in [-0.2, -0.15) is 5.26 Å². The molecule has 11 nitrogen and oxygen atoms in total. The molecule has 5 atom stereocenters. The number of carbonyl (C=O) groups is 2. The number of benzene rings is 2. The molecular weight excluding hydrogens is 624 g/mol. The number of hydrogen-bond acceptors (Lipinski definition) is 10. The molecule has 1 saturated heterocycles. The van der Waals surface area contributed by atoms with Crippen LogP contribution >= 0.6 is 0 Å². The number of ether oxygens (including phenoxy) is 4.